The molecule has 0 aliphatic carbocycles. The van der Waals surface area contributed by atoms with Crippen LogP contribution in [-0.4, -0.2) is 28.5 Å². The molecule has 1 amide bonds. The Labute approximate surface area is 138 Å². The van der Waals surface area contributed by atoms with Crippen LogP contribution >= 0.6 is 24.8 Å². The van der Waals surface area contributed by atoms with Crippen LogP contribution in [0.1, 0.15) is 31.3 Å². The molecule has 0 bridgehead atoms. The molecular weight excluding hydrogens is 311 g/mol. The average Bonchev–Trinajstić information content (AvgIpc) is 2.76. The largest absolute Gasteiger partial charge is 0.350 e. The first kappa shape index (κ1) is 18.3. The highest BCUT2D eigenvalue weighted by molar-refractivity contribution is 5.85. The number of halogens is 2. The van der Waals surface area contributed by atoms with Crippen LogP contribution in [0.4, 0.5) is 0 Å². The highest BCUT2D eigenvalue weighted by Crippen LogP contribution is 2.17. The minimum absolute atomic E-state index is 0. The number of nitrogens with one attached hydrogen (secondary N) is 2. The smallest absolute Gasteiger partial charge is 0.223 e. The lowest BCUT2D eigenvalue weighted by Gasteiger charge is -2.31. The Balaban J connectivity index is 0.00000110. The number of carbonyl (C=O) groups is 1. The van der Waals surface area contributed by atoms with Gasteiger partial charge in [-0.2, -0.15) is 0 Å². The van der Waals surface area contributed by atoms with Gasteiger partial charge >= 0.3 is 0 Å². The summed E-state index contributed by atoms with van der Waals surface area (Å²) in [5, 5.41) is 6.22. The van der Waals surface area contributed by atoms with Crippen LogP contribution in [-0.2, 0) is 24.3 Å². The number of carbonyl (C=O) groups excluding carboxylic acids is 1. The monoisotopic (exact) mass is 334 g/mol. The van der Waals surface area contributed by atoms with Crippen molar-refractivity contribution in [3.63, 3.8) is 0 Å². The lowest BCUT2D eigenvalue weighted by Crippen LogP contribution is -2.49. The second-order valence-corrected chi connectivity index (χ2v) is 5.72. The maximum atomic E-state index is 12.0. The Morgan fingerprint density at radius 1 is 1.48 bits per heavy atom. The molecule has 1 aromatic rings. The van der Waals surface area contributed by atoms with Crippen LogP contribution in [0.2, 0.25) is 0 Å². The van der Waals surface area contributed by atoms with Crippen LogP contribution in [0.5, 0.6) is 0 Å². The molecule has 2 aliphatic rings. The third-order valence-corrected chi connectivity index (χ3v) is 4.34. The second-order valence-electron chi connectivity index (χ2n) is 5.72. The summed E-state index contributed by atoms with van der Waals surface area (Å²) < 4.78 is 2.23. The standard InChI is InChI=1S/C14H22N4O.2ClH/c1-10(11-6-15-7-11)14(19)16-8-12-9-18-5-3-2-4-13(18)17-12;;/h9-11,15H,2-8H2,1H3,(H,16,19);2*1H. The molecule has 0 radical (unpaired) electrons. The van der Waals surface area contributed by atoms with Gasteiger partial charge in [-0.25, -0.2) is 4.98 Å². The quantitative estimate of drug-likeness (QED) is 0.877. The molecule has 1 aromatic heterocycles. The first-order valence-corrected chi connectivity index (χ1v) is 7.27. The van der Waals surface area contributed by atoms with Crippen molar-refractivity contribution in [2.24, 2.45) is 11.8 Å². The van der Waals surface area contributed by atoms with Gasteiger partial charge < -0.3 is 15.2 Å². The molecule has 5 nitrogen and oxygen atoms in total. The predicted molar refractivity (Wildman–Crippen MR) is 87.0 cm³/mol. The molecule has 3 heterocycles. The molecule has 1 saturated heterocycles. The molecular formula is C14H24Cl2N4O. The Morgan fingerprint density at radius 2 is 2.24 bits per heavy atom. The number of aromatic nitrogens is 2. The number of rotatable bonds is 4. The number of imidazole rings is 1. The van der Waals surface area contributed by atoms with Crippen LogP contribution in [0.25, 0.3) is 0 Å². The van der Waals surface area contributed by atoms with Crippen molar-refractivity contribution in [2.75, 3.05) is 13.1 Å². The Bertz CT molecular complexity index is 450. The molecule has 1 unspecified atom stereocenters. The van der Waals surface area contributed by atoms with Gasteiger partial charge in [-0.15, -0.1) is 24.8 Å². The van der Waals surface area contributed by atoms with E-state index in [2.05, 4.69) is 26.4 Å². The average molecular weight is 335 g/mol. The zero-order chi connectivity index (χ0) is 13.2. The molecule has 2 N–H and O–H groups in total. The van der Waals surface area contributed by atoms with Gasteiger partial charge in [-0.3, -0.25) is 4.79 Å². The highest BCUT2D eigenvalue weighted by atomic mass is 35.5. The third kappa shape index (κ3) is 4.11. The van der Waals surface area contributed by atoms with Gasteiger partial charge in [-0.05, 0) is 31.8 Å². The third-order valence-electron chi connectivity index (χ3n) is 4.34. The Hall–Kier alpha value is -0.780. The SMILES string of the molecule is CC(C(=O)NCc1cn2c(n1)CCCC2)C1CNC1.Cl.Cl. The number of fused-ring (bicyclic) bond motifs is 1. The summed E-state index contributed by atoms with van der Waals surface area (Å²) in [6.45, 7) is 5.57. The normalized spacial score (nSPS) is 18.5. The summed E-state index contributed by atoms with van der Waals surface area (Å²) in [4.78, 5) is 16.6. The van der Waals surface area contributed by atoms with Crippen LogP contribution in [0.3, 0.4) is 0 Å². The van der Waals surface area contributed by atoms with Gasteiger partial charge in [0.05, 0.1) is 12.2 Å². The fourth-order valence-corrected chi connectivity index (χ4v) is 2.77. The Morgan fingerprint density at radius 3 is 2.86 bits per heavy atom. The second kappa shape index (κ2) is 8.01. The van der Waals surface area contributed by atoms with E-state index in [4.69, 9.17) is 0 Å². The topological polar surface area (TPSA) is 59.0 Å². The maximum Gasteiger partial charge on any atom is 0.223 e. The highest BCUT2D eigenvalue weighted by Gasteiger charge is 2.28. The molecule has 2 aliphatic heterocycles. The summed E-state index contributed by atoms with van der Waals surface area (Å²) in [5.41, 5.74) is 0.990. The fourth-order valence-electron chi connectivity index (χ4n) is 2.77. The first-order valence-electron chi connectivity index (χ1n) is 7.27. The predicted octanol–water partition coefficient (Wildman–Crippen LogP) is 1.53. The Kier molecular flexibility index (Phi) is 6.97. The van der Waals surface area contributed by atoms with Crippen molar-refractivity contribution in [3.05, 3.63) is 17.7 Å². The van der Waals surface area contributed by atoms with Gasteiger partial charge in [0.2, 0.25) is 5.91 Å². The van der Waals surface area contributed by atoms with Gasteiger partial charge in [-0.1, -0.05) is 6.92 Å². The molecule has 1 fully saturated rings. The molecule has 0 spiro atoms. The van der Waals surface area contributed by atoms with Crippen molar-refractivity contribution in [3.8, 4) is 0 Å². The van der Waals surface area contributed by atoms with Crippen molar-refractivity contribution in [1.29, 1.82) is 0 Å². The van der Waals surface area contributed by atoms with Crippen molar-refractivity contribution in [1.82, 2.24) is 20.2 Å². The molecule has 0 saturated carbocycles. The van der Waals surface area contributed by atoms with Crippen molar-refractivity contribution < 1.29 is 4.79 Å². The van der Waals surface area contributed by atoms with Gasteiger partial charge in [0.15, 0.2) is 0 Å². The summed E-state index contributed by atoms with van der Waals surface area (Å²) in [6.07, 6.45) is 5.62. The summed E-state index contributed by atoms with van der Waals surface area (Å²) in [6, 6.07) is 0. The lowest BCUT2D eigenvalue weighted by molar-refractivity contribution is -0.126. The van der Waals surface area contributed by atoms with E-state index in [0.717, 1.165) is 31.7 Å². The number of hydrogen-bond donors (Lipinski definition) is 2. The van der Waals surface area contributed by atoms with E-state index in [1.54, 1.807) is 0 Å². The van der Waals surface area contributed by atoms with Crippen molar-refractivity contribution in [2.45, 2.75) is 39.3 Å². The van der Waals surface area contributed by atoms with Gasteiger partial charge in [0.25, 0.3) is 0 Å². The van der Waals surface area contributed by atoms with E-state index < -0.39 is 0 Å². The van der Waals surface area contributed by atoms with E-state index in [1.807, 2.05) is 6.92 Å². The number of hydrogen-bond acceptors (Lipinski definition) is 3. The number of amides is 1. The molecule has 0 aromatic carbocycles. The zero-order valence-corrected chi connectivity index (χ0v) is 13.9. The number of nitrogens with zero attached hydrogens (tertiary/aromatic N) is 2. The molecule has 1 atom stereocenters. The molecule has 21 heavy (non-hydrogen) atoms. The minimum atomic E-state index is 0. The molecule has 7 heteroatoms. The van der Waals surface area contributed by atoms with E-state index in [1.165, 1.54) is 18.7 Å². The van der Waals surface area contributed by atoms with E-state index >= 15 is 0 Å². The molecule has 3 rings (SSSR count). The fraction of sp³-hybridized carbons (Fsp3) is 0.714. The summed E-state index contributed by atoms with van der Waals surface area (Å²) in [7, 11) is 0. The van der Waals surface area contributed by atoms with Crippen LogP contribution in [0.15, 0.2) is 6.20 Å². The summed E-state index contributed by atoms with van der Waals surface area (Å²) >= 11 is 0. The van der Waals surface area contributed by atoms with E-state index in [0.29, 0.717) is 12.5 Å². The first-order chi connectivity index (χ1) is 9.24. The zero-order valence-electron chi connectivity index (χ0n) is 12.3. The van der Waals surface area contributed by atoms with E-state index in [-0.39, 0.29) is 36.6 Å². The maximum absolute atomic E-state index is 12.0. The van der Waals surface area contributed by atoms with Crippen molar-refractivity contribution >= 4 is 30.7 Å². The minimum Gasteiger partial charge on any atom is -0.350 e. The van der Waals surface area contributed by atoms with Crippen LogP contribution in [0, 0.1) is 11.8 Å². The molecule has 120 valence electrons. The van der Waals surface area contributed by atoms with Gasteiger partial charge in [0.1, 0.15) is 5.82 Å². The van der Waals surface area contributed by atoms with Crippen LogP contribution < -0.4 is 10.6 Å². The summed E-state index contributed by atoms with van der Waals surface area (Å²) in [5.74, 6) is 1.91. The van der Waals surface area contributed by atoms with Gasteiger partial charge in [0, 0.05) is 25.1 Å². The van der Waals surface area contributed by atoms with E-state index in [9.17, 15) is 4.79 Å². The number of aryl methyl sites for hydroxylation is 2. The lowest BCUT2D eigenvalue weighted by atomic mass is 9.88.